The quantitative estimate of drug-likeness (QED) is 0.351. The molecule has 0 fully saturated rings. The molecule has 0 aromatic heterocycles. The molecule has 0 heterocycles. The Labute approximate surface area is 165 Å². The predicted octanol–water partition coefficient (Wildman–Crippen LogP) is 4.37. The molecule has 0 aliphatic carbocycles. The Bertz CT molecular complexity index is 828. The number of ether oxygens (including phenoxy) is 3. The summed E-state index contributed by atoms with van der Waals surface area (Å²) in [4.78, 5) is 22.1. The highest BCUT2D eigenvalue weighted by Gasteiger charge is 2.14. The number of unbranched alkanes of at least 4 members (excludes halogenated alkanes) is 1. The lowest BCUT2D eigenvalue weighted by Gasteiger charge is -2.13. The summed E-state index contributed by atoms with van der Waals surface area (Å²) >= 11 is 0. The molecule has 0 atom stereocenters. The molecule has 0 aliphatic rings. The summed E-state index contributed by atoms with van der Waals surface area (Å²) in [5.41, 5.74) is 1.80. The fraction of sp³-hybridized carbons (Fsp3) is 0.364. The number of Topliss-reactive ketones (excluding diaryl/α,β-unsaturated/α-hetero) is 1. The molecule has 0 aliphatic heterocycles. The number of rotatable bonds is 11. The van der Waals surface area contributed by atoms with Crippen LogP contribution in [0.5, 0.6) is 23.0 Å². The molecule has 6 heteroatoms. The second-order valence-corrected chi connectivity index (χ2v) is 6.41. The van der Waals surface area contributed by atoms with Crippen molar-refractivity contribution >= 4 is 12.3 Å². The molecule has 0 unspecified atom stereocenters. The van der Waals surface area contributed by atoms with Crippen molar-refractivity contribution in [3.05, 3.63) is 47.0 Å². The molecular formula is C22H26O6. The third-order valence-corrected chi connectivity index (χ3v) is 4.39. The second-order valence-electron chi connectivity index (χ2n) is 6.41. The molecule has 150 valence electrons. The zero-order chi connectivity index (χ0) is 20.5. The van der Waals surface area contributed by atoms with Gasteiger partial charge in [-0.2, -0.15) is 0 Å². The molecule has 0 saturated heterocycles. The average molecular weight is 386 g/mol. The van der Waals surface area contributed by atoms with Gasteiger partial charge in [0.1, 0.15) is 23.0 Å². The number of hydrogen-bond acceptors (Lipinski definition) is 6. The highest BCUT2D eigenvalue weighted by atomic mass is 16.5. The maximum Gasteiger partial charge on any atom is 0.298 e. The van der Waals surface area contributed by atoms with Gasteiger partial charge in [-0.3, -0.25) is 9.59 Å². The zero-order valence-electron chi connectivity index (χ0n) is 16.5. The van der Waals surface area contributed by atoms with Crippen molar-refractivity contribution in [2.45, 2.75) is 40.0 Å². The number of carbonyl (C=O) groups is 2. The molecular weight excluding hydrogens is 360 g/mol. The van der Waals surface area contributed by atoms with Crippen LogP contribution in [0.1, 0.15) is 47.7 Å². The summed E-state index contributed by atoms with van der Waals surface area (Å²) in [5.74, 6) is 1.71. The van der Waals surface area contributed by atoms with Crippen molar-refractivity contribution in [2.75, 3.05) is 13.2 Å². The van der Waals surface area contributed by atoms with E-state index in [1.807, 2.05) is 6.92 Å². The van der Waals surface area contributed by atoms with Gasteiger partial charge in [-0.05, 0) is 62.6 Å². The number of ketones is 1. The van der Waals surface area contributed by atoms with Crippen LogP contribution in [-0.2, 0) is 4.79 Å². The number of phenolic OH excluding ortho intramolecular Hbond substituents is 1. The van der Waals surface area contributed by atoms with Crippen LogP contribution in [0.25, 0.3) is 0 Å². The lowest BCUT2D eigenvalue weighted by atomic mass is 10.0. The Hall–Kier alpha value is -3.02. The van der Waals surface area contributed by atoms with Gasteiger partial charge in [0, 0.05) is 12.0 Å². The van der Waals surface area contributed by atoms with E-state index in [1.165, 1.54) is 0 Å². The molecule has 2 aromatic rings. The van der Waals surface area contributed by atoms with E-state index in [0.29, 0.717) is 48.7 Å². The minimum Gasteiger partial charge on any atom is -0.507 e. The summed E-state index contributed by atoms with van der Waals surface area (Å²) in [6.45, 7) is 6.80. The first kappa shape index (κ1) is 21.3. The van der Waals surface area contributed by atoms with Crippen molar-refractivity contribution in [2.24, 2.45) is 0 Å². The number of hydrogen-bond donors (Lipinski definition) is 1. The predicted molar refractivity (Wildman–Crippen MR) is 106 cm³/mol. The third-order valence-electron chi connectivity index (χ3n) is 4.39. The normalized spacial score (nSPS) is 10.4. The number of phenols is 1. The Morgan fingerprint density at radius 1 is 1.04 bits per heavy atom. The lowest BCUT2D eigenvalue weighted by molar-refractivity contribution is -0.120. The molecule has 2 rings (SSSR count). The minimum absolute atomic E-state index is 0.00911. The van der Waals surface area contributed by atoms with Crippen molar-refractivity contribution in [3.63, 3.8) is 0 Å². The zero-order valence-corrected chi connectivity index (χ0v) is 16.5. The van der Waals surface area contributed by atoms with Gasteiger partial charge < -0.3 is 19.3 Å². The van der Waals surface area contributed by atoms with E-state index in [0.717, 1.165) is 24.2 Å². The Morgan fingerprint density at radius 2 is 1.68 bits per heavy atom. The van der Waals surface area contributed by atoms with Crippen molar-refractivity contribution in [3.8, 4) is 23.0 Å². The van der Waals surface area contributed by atoms with E-state index in [2.05, 4.69) is 0 Å². The van der Waals surface area contributed by atoms with E-state index in [1.54, 1.807) is 44.2 Å². The largest absolute Gasteiger partial charge is 0.507 e. The van der Waals surface area contributed by atoms with Crippen molar-refractivity contribution < 1.29 is 28.9 Å². The molecule has 28 heavy (non-hydrogen) atoms. The minimum atomic E-state index is -0.0923. The molecule has 1 N–H and O–H groups in total. The fourth-order valence-electron chi connectivity index (χ4n) is 2.73. The number of aryl methyl sites for hydroxylation is 1. The average Bonchev–Trinajstić information content (AvgIpc) is 2.68. The van der Waals surface area contributed by atoms with Crippen molar-refractivity contribution in [1.82, 2.24) is 0 Å². The van der Waals surface area contributed by atoms with Crippen LogP contribution in [0, 0.1) is 13.8 Å². The van der Waals surface area contributed by atoms with Gasteiger partial charge in [0.05, 0.1) is 18.8 Å². The van der Waals surface area contributed by atoms with Crippen LogP contribution < -0.4 is 14.2 Å². The Morgan fingerprint density at radius 3 is 2.29 bits per heavy atom. The topological polar surface area (TPSA) is 82.1 Å². The molecule has 0 saturated carbocycles. The molecule has 6 nitrogen and oxygen atoms in total. The molecule has 0 spiro atoms. The van der Waals surface area contributed by atoms with Gasteiger partial charge in [0.2, 0.25) is 0 Å². The molecule has 0 amide bonds. The van der Waals surface area contributed by atoms with Gasteiger partial charge in [0.25, 0.3) is 6.47 Å². The maximum absolute atomic E-state index is 11.8. The van der Waals surface area contributed by atoms with Crippen LogP contribution in [0.4, 0.5) is 0 Å². The van der Waals surface area contributed by atoms with E-state index < -0.39 is 0 Å². The van der Waals surface area contributed by atoms with E-state index in [4.69, 9.17) is 14.2 Å². The third kappa shape index (κ3) is 5.49. The van der Waals surface area contributed by atoms with Crippen LogP contribution in [0.3, 0.4) is 0 Å². The summed E-state index contributed by atoms with van der Waals surface area (Å²) < 4.78 is 16.3. The maximum atomic E-state index is 11.8. The summed E-state index contributed by atoms with van der Waals surface area (Å²) in [7, 11) is 0. The fourth-order valence-corrected chi connectivity index (χ4v) is 2.73. The first-order valence-corrected chi connectivity index (χ1v) is 9.30. The Kier molecular flexibility index (Phi) is 7.87. The highest BCUT2D eigenvalue weighted by molar-refractivity contribution is 5.99. The molecule has 0 bridgehead atoms. The van der Waals surface area contributed by atoms with Crippen LogP contribution in [-0.4, -0.2) is 30.6 Å². The van der Waals surface area contributed by atoms with Gasteiger partial charge in [-0.25, -0.2) is 0 Å². The summed E-state index contributed by atoms with van der Waals surface area (Å²) in [6, 6.07) is 8.53. The molecule has 0 radical (unpaired) electrons. The van der Waals surface area contributed by atoms with Gasteiger partial charge in [-0.15, -0.1) is 0 Å². The summed E-state index contributed by atoms with van der Waals surface area (Å²) in [6.07, 6.45) is 1.92. The van der Waals surface area contributed by atoms with Gasteiger partial charge in [0.15, 0.2) is 5.78 Å². The van der Waals surface area contributed by atoms with Crippen molar-refractivity contribution in [1.29, 1.82) is 0 Å². The number of benzene rings is 2. The monoisotopic (exact) mass is 386 g/mol. The number of aromatic hydroxyl groups is 1. The first-order chi connectivity index (χ1) is 13.5. The standard InChI is InChI=1S/C22H26O6/c1-4-19(24)18-8-10-21(16(3)22(18)25)27-12-6-5-11-26-20-9-7-17(28-14-23)13-15(20)2/h7-10,13-14,25H,4-6,11-12H2,1-3H3. The molecule has 2 aromatic carbocycles. The Balaban J connectivity index is 1.77. The smallest absolute Gasteiger partial charge is 0.298 e. The second kappa shape index (κ2) is 10.3. The van der Waals surface area contributed by atoms with E-state index >= 15 is 0 Å². The first-order valence-electron chi connectivity index (χ1n) is 9.30. The SMILES string of the molecule is CCC(=O)c1ccc(OCCCCOc2ccc(OC=O)cc2C)c(C)c1O. The lowest BCUT2D eigenvalue weighted by Crippen LogP contribution is -2.05. The van der Waals surface area contributed by atoms with Crippen LogP contribution >= 0.6 is 0 Å². The van der Waals surface area contributed by atoms with Gasteiger partial charge >= 0.3 is 0 Å². The summed E-state index contributed by atoms with van der Waals surface area (Å²) in [5, 5.41) is 10.2. The van der Waals surface area contributed by atoms with E-state index in [-0.39, 0.29) is 11.5 Å². The number of carbonyl (C=O) groups excluding carboxylic acids is 2. The van der Waals surface area contributed by atoms with Crippen LogP contribution in [0.2, 0.25) is 0 Å². The van der Waals surface area contributed by atoms with Gasteiger partial charge in [-0.1, -0.05) is 6.92 Å². The van der Waals surface area contributed by atoms with E-state index in [9.17, 15) is 14.7 Å². The van der Waals surface area contributed by atoms with Crippen LogP contribution in [0.15, 0.2) is 30.3 Å². The highest BCUT2D eigenvalue weighted by Crippen LogP contribution is 2.31.